The van der Waals surface area contributed by atoms with Crippen LogP contribution in [0.1, 0.15) is 54.6 Å². The van der Waals surface area contributed by atoms with Crippen LogP contribution in [-0.2, 0) is 10.3 Å². The second-order valence-electron chi connectivity index (χ2n) is 9.77. The number of nitrogen functional groups attached to an aromatic ring is 1. The molecule has 1 unspecified atom stereocenters. The highest BCUT2D eigenvalue weighted by atomic mass is 32.2. The summed E-state index contributed by atoms with van der Waals surface area (Å²) in [6.45, 7) is 1.45. The minimum atomic E-state index is -4.29. The summed E-state index contributed by atoms with van der Waals surface area (Å²) in [7, 11) is -4.29. The Bertz CT molecular complexity index is 1600. The molecule has 3 atom stereocenters. The third-order valence-electron chi connectivity index (χ3n) is 7.53. The number of rotatable bonds is 5. The average molecular weight is 519 g/mol. The van der Waals surface area contributed by atoms with Crippen LogP contribution in [0.15, 0.2) is 54.9 Å². The first-order chi connectivity index (χ1) is 17.7. The number of benzene rings is 1. The SMILES string of the molecule is CC(=O)c1c([C@H]2CC3CC[C@@H](C2)N3S(=O)(=O)O)nc2c(-c3ccc(-c4ccccc4)nc3)cnn2c1N. The van der Waals surface area contributed by atoms with Gasteiger partial charge in [-0.15, -0.1) is 0 Å². The van der Waals surface area contributed by atoms with Crippen LogP contribution in [0.5, 0.6) is 0 Å². The Morgan fingerprint density at radius 2 is 1.73 bits per heavy atom. The van der Waals surface area contributed by atoms with Gasteiger partial charge in [-0.2, -0.15) is 22.3 Å². The summed E-state index contributed by atoms with van der Waals surface area (Å²) in [6.07, 6.45) is 5.65. The zero-order chi connectivity index (χ0) is 25.9. The van der Waals surface area contributed by atoms with Crippen LogP contribution in [0.4, 0.5) is 5.82 Å². The van der Waals surface area contributed by atoms with Crippen molar-refractivity contribution in [2.75, 3.05) is 5.73 Å². The molecule has 37 heavy (non-hydrogen) atoms. The van der Waals surface area contributed by atoms with Gasteiger partial charge in [-0.3, -0.25) is 14.3 Å². The van der Waals surface area contributed by atoms with E-state index in [-0.39, 0.29) is 29.6 Å². The van der Waals surface area contributed by atoms with Crippen molar-refractivity contribution in [2.24, 2.45) is 0 Å². The van der Waals surface area contributed by atoms with Gasteiger partial charge in [0.15, 0.2) is 11.4 Å². The monoisotopic (exact) mass is 518 g/mol. The minimum absolute atomic E-state index is 0.178. The standard InChI is InChI=1S/C26H26N6O4S/c1-15(33)23-24(18-11-19-8-9-20(12-18)32(19)37(34,35)36)30-26-21(14-29-31(26)25(23)27)17-7-10-22(28-13-17)16-5-3-2-4-6-16/h2-7,10,13-14,18-20H,8-9,11-12,27H2,1H3,(H,34,35,36)/t18-,19+,20?/m1/s1. The molecular formula is C26H26N6O4S. The molecule has 0 spiro atoms. The number of pyridine rings is 1. The van der Waals surface area contributed by atoms with Gasteiger partial charge in [-0.25, -0.2) is 4.98 Å². The van der Waals surface area contributed by atoms with Crippen LogP contribution in [0.25, 0.3) is 28.0 Å². The van der Waals surface area contributed by atoms with Gasteiger partial charge in [-0.05, 0) is 38.7 Å². The van der Waals surface area contributed by atoms with E-state index in [0.29, 0.717) is 42.6 Å². The van der Waals surface area contributed by atoms with Gasteiger partial charge < -0.3 is 5.73 Å². The van der Waals surface area contributed by atoms with Crippen LogP contribution < -0.4 is 5.73 Å². The van der Waals surface area contributed by atoms with E-state index >= 15 is 0 Å². The van der Waals surface area contributed by atoms with Crippen molar-refractivity contribution in [3.63, 3.8) is 0 Å². The number of nitrogens with zero attached hydrogens (tertiary/aromatic N) is 5. The highest BCUT2D eigenvalue weighted by Crippen LogP contribution is 2.45. The fraction of sp³-hybridized carbons (Fsp3) is 0.308. The predicted molar refractivity (Wildman–Crippen MR) is 138 cm³/mol. The Morgan fingerprint density at radius 3 is 2.32 bits per heavy atom. The van der Waals surface area contributed by atoms with E-state index in [4.69, 9.17) is 10.7 Å². The lowest BCUT2D eigenvalue weighted by atomic mass is 9.86. The number of fused-ring (bicyclic) bond motifs is 3. The van der Waals surface area contributed by atoms with Crippen molar-refractivity contribution in [1.82, 2.24) is 23.9 Å². The van der Waals surface area contributed by atoms with Crippen molar-refractivity contribution < 1.29 is 17.8 Å². The Kier molecular flexibility index (Phi) is 5.59. The Morgan fingerprint density at radius 1 is 1.03 bits per heavy atom. The quantitative estimate of drug-likeness (QED) is 0.300. The molecule has 10 nitrogen and oxygen atoms in total. The highest BCUT2D eigenvalue weighted by molar-refractivity contribution is 7.83. The molecule has 4 aromatic rings. The molecule has 3 N–H and O–H groups in total. The van der Waals surface area contributed by atoms with E-state index in [9.17, 15) is 17.8 Å². The molecule has 0 amide bonds. The van der Waals surface area contributed by atoms with Gasteiger partial charge in [0.2, 0.25) is 0 Å². The summed E-state index contributed by atoms with van der Waals surface area (Å²) in [5, 5.41) is 4.42. The number of ketones is 1. The number of nitrogens with two attached hydrogens (primary N) is 1. The fourth-order valence-electron chi connectivity index (χ4n) is 5.96. The highest BCUT2D eigenvalue weighted by Gasteiger charge is 2.47. The molecule has 11 heteroatoms. The van der Waals surface area contributed by atoms with Crippen LogP contribution in [0.3, 0.4) is 0 Å². The second-order valence-corrected chi connectivity index (χ2v) is 11.1. The van der Waals surface area contributed by atoms with Gasteiger partial charge in [0, 0.05) is 40.9 Å². The Hall–Kier alpha value is -3.67. The molecule has 3 aromatic heterocycles. The molecule has 6 rings (SSSR count). The van der Waals surface area contributed by atoms with E-state index < -0.39 is 10.3 Å². The predicted octanol–water partition coefficient (Wildman–Crippen LogP) is 3.76. The van der Waals surface area contributed by atoms with E-state index in [2.05, 4.69) is 10.1 Å². The molecule has 0 aliphatic carbocycles. The van der Waals surface area contributed by atoms with Crippen molar-refractivity contribution >= 4 is 27.6 Å². The summed E-state index contributed by atoms with van der Waals surface area (Å²) in [5.74, 6) is -0.197. The number of anilines is 1. The summed E-state index contributed by atoms with van der Waals surface area (Å²) in [4.78, 5) is 22.2. The van der Waals surface area contributed by atoms with Crippen molar-refractivity contribution in [3.8, 4) is 22.4 Å². The summed E-state index contributed by atoms with van der Waals surface area (Å²) in [5.41, 5.74) is 11.2. The zero-order valence-electron chi connectivity index (χ0n) is 20.2. The lowest BCUT2D eigenvalue weighted by Gasteiger charge is -2.36. The smallest absolute Gasteiger partial charge is 0.336 e. The first kappa shape index (κ1) is 23.7. The number of aromatic nitrogens is 4. The van der Waals surface area contributed by atoms with Crippen molar-refractivity contribution in [3.05, 3.63) is 66.1 Å². The van der Waals surface area contributed by atoms with Crippen LogP contribution in [0, 0.1) is 0 Å². The van der Waals surface area contributed by atoms with Gasteiger partial charge in [0.05, 0.1) is 23.1 Å². The average Bonchev–Trinajstić information content (AvgIpc) is 3.43. The van der Waals surface area contributed by atoms with Gasteiger partial charge in [0.25, 0.3) is 0 Å². The molecular weight excluding hydrogens is 492 g/mol. The number of carbonyl (C=O) groups is 1. The largest absolute Gasteiger partial charge is 0.383 e. The van der Waals surface area contributed by atoms with Gasteiger partial charge >= 0.3 is 10.3 Å². The van der Waals surface area contributed by atoms with Crippen LogP contribution >= 0.6 is 0 Å². The maximum absolute atomic E-state index is 12.7. The van der Waals surface area contributed by atoms with Crippen LogP contribution in [0.2, 0.25) is 0 Å². The summed E-state index contributed by atoms with van der Waals surface area (Å²) in [6, 6.07) is 13.1. The maximum Gasteiger partial charge on any atom is 0.336 e. The lowest BCUT2D eigenvalue weighted by Crippen LogP contribution is -2.45. The summed E-state index contributed by atoms with van der Waals surface area (Å²) < 4.78 is 36.3. The topological polar surface area (TPSA) is 144 Å². The maximum atomic E-state index is 12.7. The third kappa shape index (κ3) is 3.99. The van der Waals surface area contributed by atoms with Crippen LogP contribution in [-0.4, -0.2) is 54.7 Å². The zero-order valence-corrected chi connectivity index (χ0v) is 21.0. The van der Waals surface area contributed by atoms with Crippen molar-refractivity contribution in [1.29, 1.82) is 0 Å². The Balaban J connectivity index is 1.43. The first-order valence-electron chi connectivity index (χ1n) is 12.2. The third-order valence-corrected chi connectivity index (χ3v) is 8.66. The number of Topliss-reactive ketones (excluding diaryl/α,β-unsaturated/α-hetero) is 1. The number of hydrogen-bond acceptors (Lipinski definition) is 7. The fourth-order valence-corrected chi connectivity index (χ4v) is 7.10. The molecule has 2 bridgehead atoms. The molecule has 2 aliphatic rings. The molecule has 5 heterocycles. The van der Waals surface area contributed by atoms with Crippen molar-refractivity contribution in [2.45, 2.75) is 50.6 Å². The van der Waals surface area contributed by atoms with E-state index in [1.807, 2.05) is 42.5 Å². The summed E-state index contributed by atoms with van der Waals surface area (Å²) >= 11 is 0. The number of carbonyl (C=O) groups excluding carboxylic acids is 1. The molecule has 190 valence electrons. The van der Waals surface area contributed by atoms with Gasteiger partial charge in [0.1, 0.15) is 5.82 Å². The molecule has 1 aromatic carbocycles. The van der Waals surface area contributed by atoms with E-state index in [0.717, 1.165) is 22.4 Å². The normalized spacial score (nSPS) is 21.9. The molecule has 0 saturated carbocycles. The minimum Gasteiger partial charge on any atom is -0.383 e. The number of piperidine rings is 1. The second kappa shape index (κ2) is 8.72. The first-order valence-corrected chi connectivity index (χ1v) is 13.6. The molecule has 2 saturated heterocycles. The lowest BCUT2D eigenvalue weighted by molar-refractivity contribution is 0.101. The van der Waals surface area contributed by atoms with E-state index in [1.54, 1.807) is 12.4 Å². The van der Waals surface area contributed by atoms with Gasteiger partial charge in [-0.1, -0.05) is 36.4 Å². The molecule has 0 radical (unpaired) electrons. The number of hydrogen-bond donors (Lipinski definition) is 2. The van der Waals surface area contributed by atoms with E-state index in [1.165, 1.54) is 15.7 Å². The Labute approximate surface area is 214 Å². The molecule has 2 aliphatic heterocycles. The molecule has 2 fully saturated rings.